The minimum Gasteiger partial charge on any atom is -0.496 e. The van der Waals surface area contributed by atoms with E-state index in [2.05, 4.69) is 48.3 Å². The third-order valence-electron chi connectivity index (χ3n) is 5.56. The maximum Gasteiger partial charge on any atom is 0.122 e. The van der Waals surface area contributed by atoms with E-state index in [1.54, 1.807) is 7.11 Å². The zero-order valence-corrected chi connectivity index (χ0v) is 17.3. The summed E-state index contributed by atoms with van der Waals surface area (Å²) in [6, 6.07) is 13.6. The molecule has 138 valence electrons. The van der Waals surface area contributed by atoms with Crippen LogP contribution in [0.15, 0.2) is 46.2 Å². The maximum absolute atomic E-state index is 5.59. The van der Waals surface area contributed by atoms with Gasteiger partial charge in [0.2, 0.25) is 0 Å². The summed E-state index contributed by atoms with van der Waals surface area (Å²) in [7, 11) is 4.06. The number of likely N-dealkylation sites (N-methyl/N-ethyl adjacent to an activating group) is 1. The molecule has 2 nitrogen and oxygen atoms in total. The number of fused-ring (bicyclic) bond motifs is 2. The van der Waals surface area contributed by atoms with Crippen molar-refractivity contribution >= 4 is 23.5 Å². The molecule has 1 aliphatic carbocycles. The van der Waals surface area contributed by atoms with Gasteiger partial charge in [0.1, 0.15) is 5.75 Å². The maximum atomic E-state index is 5.59. The molecular formula is C22H27NOS2. The van der Waals surface area contributed by atoms with E-state index in [4.69, 9.17) is 4.74 Å². The molecule has 0 bridgehead atoms. The summed E-state index contributed by atoms with van der Waals surface area (Å²) in [5.41, 5.74) is 4.41. The first kappa shape index (κ1) is 18.3. The third-order valence-corrected chi connectivity index (χ3v) is 7.95. The lowest BCUT2D eigenvalue weighted by Gasteiger charge is -2.30. The number of ether oxygens (including phenoxy) is 1. The Balaban J connectivity index is 1.38. The van der Waals surface area contributed by atoms with Crippen LogP contribution in [0.2, 0.25) is 0 Å². The molecule has 0 saturated heterocycles. The van der Waals surface area contributed by atoms with Crippen LogP contribution < -0.4 is 4.74 Å². The van der Waals surface area contributed by atoms with Crippen LogP contribution in [-0.4, -0.2) is 37.2 Å². The topological polar surface area (TPSA) is 12.5 Å². The molecule has 2 aromatic rings. The fourth-order valence-corrected chi connectivity index (χ4v) is 6.59. The Bertz CT molecular complexity index is 777. The molecule has 26 heavy (non-hydrogen) atoms. The van der Waals surface area contributed by atoms with E-state index in [0.717, 1.165) is 31.7 Å². The molecule has 1 aliphatic heterocycles. The molecule has 4 rings (SSSR count). The van der Waals surface area contributed by atoms with E-state index < -0.39 is 0 Å². The van der Waals surface area contributed by atoms with E-state index in [1.807, 2.05) is 23.5 Å². The van der Waals surface area contributed by atoms with E-state index in [-0.39, 0.29) is 0 Å². The Morgan fingerprint density at radius 1 is 1.15 bits per heavy atom. The Morgan fingerprint density at radius 3 is 2.92 bits per heavy atom. The first-order valence-electron chi connectivity index (χ1n) is 9.47. The van der Waals surface area contributed by atoms with Crippen LogP contribution in [0.4, 0.5) is 0 Å². The molecule has 2 aromatic carbocycles. The third kappa shape index (κ3) is 3.92. The molecule has 0 fully saturated rings. The molecule has 2 aliphatic rings. The van der Waals surface area contributed by atoms with Gasteiger partial charge in [-0.3, -0.25) is 0 Å². The number of thioether (sulfide) groups is 2. The van der Waals surface area contributed by atoms with Crippen molar-refractivity contribution < 1.29 is 4.74 Å². The predicted octanol–water partition coefficient (Wildman–Crippen LogP) is 5.44. The van der Waals surface area contributed by atoms with Crippen molar-refractivity contribution in [3.63, 3.8) is 0 Å². The lowest BCUT2D eigenvalue weighted by atomic mass is 9.82. The first-order valence-corrected chi connectivity index (χ1v) is 11.4. The highest BCUT2D eigenvalue weighted by molar-refractivity contribution is 8.18. The molecular weight excluding hydrogens is 358 g/mol. The van der Waals surface area contributed by atoms with Crippen molar-refractivity contribution in [2.45, 2.75) is 41.4 Å². The molecule has 0 N–H and O–H groups in total. The predicted molar refractivity (Wildman–Crippen MR) is 113 cm³/mol. The van der Waals surface area contributed by atoms with Gasteiger partial charge in [-0.25, -0.2) is 0 Å². The standard InChI is InChI=1S/C22H27NOS2/c1-23(12-11-16-9-10-21-22(13-16)26-15-25-21)14-17-5-3-7-19-18(17)6-4-8-20(19)24-2/h4,6,8-10,13,17H,3,5,7,11-12,14-15H2,1-2H3. The highest BCUT2D eigenvalue weighted by Crippen LogP contribution is 2.42. The van der Waals surface area contributed by atoms with Gasteiger partial charge in [0, 0.05) is 28.0 Å². The minimum absolute atomic E-state index is 0.630. The van der Waals surface area contributed by atoms with Gasteiger partial charge < -0.3 is 9.64 Å². The average Bonchev–Trinajstić information content (AvgIpc) is 3.14. The van der Waals surface area contributed by atoms with Crippen molar-refractivity contribution in [1.82, 2.24) is 4.90 Å². The summed E-state index contributed by atoms with van der Waals surface area (Å²) in [6.45, 7) is 2.25. The number of hydrogen-bond donors (Lipinski definition) is 0. The van der Waals surface area contributed by atoms with E-state index >= 15 is 0 Å². The van der Waals surface area contributed by atoms with Gasteiger partial charge in [-0.15, -0.1) is 23.5 Å². The smallest absolute Gasteiger partial charge is 0.122 e. The van der Waals surface area contributed by atoms with Crippen molar-refractivity contribution in [3.05, 3.63) is 53.1 Å². The van der Waals surface area contributed by atoms with Gasteiger partial charge in [-0.2, -0.15) is 0 Å². The fourth-order valence-electron chi connectivity index (χ4n) is 4.18. The van der Waals surface area contributed by atoms with Gasteiger partial charge in [-0.05, 0) is 73.5 Å². The highest BCUT2D eigenvalue weighted by Gasteiger charge is 2.23. The van der Waals surface area contributed by atoms with E-state index in [1.165, 1.54) is 44.4 Å². The zero-order valence-electron chi connectivity index (χ0n) is 15.7. The number of rotatable bonds is 6. The molecule has 1 atom stereocenters. The van der Waals surface area contributed by atoms with Crippen molar-refractivity contribution in [1.29, 1.82) is 0 Å². The van der Waals surface area contributed by atoms with Crippen molar-refractivity contribution in [3.8, 4) is 5.75 Å². The van der Waals surface area contributed by atoms with Crippen LogP contribution in [0, 0.1) is 0 Å². The largest absolute Gasteiger partial charge is 0.496 e. The fraction of sp³-hybridized carbons (Fsp3) is 0.455. The second-order valence-corrected chi connectivity index (χ2v) is 9.72. The molecule has 1 unspecified atom stereocenters. The lowest BCUT2D eigenvalue weighted by Crippen LogP contribution is -2.28. The van der Waals surface area contributed by atoms with Crippen LogP contribution in [-0.2, 0) is 12.8 Å². The Kier molecular flexibility index (Phi) is 5.82. The van der Waals surface area contributed by atoms with Crippen LogP contribution in [0.1, 0.15) is 35.4 Å². The molecule has 0 saturated carbocycles. The summed E-state index contributed by atoms with van der Waals surface area (Å²) in [6.07, 6.45) is 4.85. The summed E-state index contributed by atoms with van der Waals surface area (Å²) in [4.78, 5) is 5.44. The number of benzene rings is 2. The van der Waals surface area contributed by atoms with E-state index in [0.29, 0.717) is 5.92 Å². The molecule has 0 aromatic heterocycles. The van der Waals surface area contributed by atoms with Crippen LogP contribution in [0.25, 0.3) is 0 Å². The number of nitrogens with zero attached hydrogens (tertiary/aromatic N) is 1. The second-order valence-electron chi connectivity index (χ2n) is 7.32. The van der Waals surface area contributed by atoms with Gasteiger partial charge >= 0.3 is 0 Å². The van der Waals surface area contributed by atoms with Gasteiger partial charge in [-0.1, -0.05) is 18.2 Å². The minimum atomic E-state index is 0.630. The van der Waals surface area contributed by atoms with Crippen LogP contribution >= 0.6 is 23.5 Å². The van der Waals surface area contributed by atoms with E-state index in [9.17, 15) is 0 Å². The highest BCUT2D eigenvalue weighted by atomic mass is 32.2. The Labute approximate surface area is 165 Å². The van der Waals surface area contributed by atoms with Crippen molar-refractivity contribution in [2.24, 2.45) is 0 Å². The SMILES string of the molecule is COc1cccc2c1CCCC2CN(C)CCc1ccc2c(c1)SCS2. The zero-order chi connectivity index (χ0) is 17.9. The van der Waals surface area contributed by atoms with Crippen LogP contribution in [0.3, 0.4) is 0 Å². The molecule has 0 amide bonds. The molecule has 0 radical (unpaired) electrons. The summed E-state index contributed by atoms with van der Waals surface area (Å²) < 4.78 is 5.59. The monoisotopic (exact) mass is 385 g/mol. The summed E-state index contributed by atoms with van der Waals surface area (Å²) in [5, 5.41) is 1.17. The van der Waals surface area contributed by atoms with Gasteiger partial charge in [0.25, 0.3) is 0 Å². The number of methoxy groups -OCH3 is 1. The summed E-state index contributed by atoms with van der Waals surface area (Å²) in [5.74, 6) is 1.70. The Hall–Kier alpha value is -1.10. The average molecular weight is 386 g/mol. The molecule has 4 heteroatoms. The normalized spacial score (nSPS) is 18.7. The van der Waals surface area contributed by atoms with Crippen LogP contribution in [0.5, 0.6) is 5.75 Å². The lowest BCUT2D eigenvalue weighted by molar-refractivity contribution is 0.299. The number of hydrogen-bond acceptors (Lipinski definition) is 4. The second kappa shape index (κ2) is 8.28. The van der Waals surface area contributed by atoms with Crippen molar-refractivity contribution in [2.75, 3.05) is 32.3 Å². The first-order chi connectivity index (χ1) is 12.7. The molecule has 1 heterocycles. The quantitative estimate of drug-likeness (QED) is 0.656. The van der Waals surface area contributed by atoms with Gasteiger partial charge in [0.15, 0.2) is 0 Å². The summed E-state index contributed by atoms with van der Waals surface area (Å²) >= 11 is 3.94. The van der Waals surface area contributed by atoms with Gasteiger partial charge in [0.05, 0.1) is 7.11 Å². The molecule has 0 spiro atoms. The Morgan fingerprint density at radius 2 is 2.04 bits per heavy atom.